The Morgan fingerprint density at radius 3 is 1.21 bits per heavy atom. The minimum atomic E-state index is 1.25. The van der Waals surface area contributed by atoms with E-state index in [1.807, 2.05) is 0 Å². The van der Waals surface area contributed by atoms with Crippen LogP contribution in [0.25, 0.3) is 43.8 Å². The molecular formula is C27H19N. The van der Waals surface area contributed by atoms with Gasteiger partial charge in [-0.1, -0.05) is 72.8 Å². The van der Waals surface area contributed by atoms with E-state index in [4.69, 9.17) is 0 Å². The zero-order chi connectivity index (χ0) is 18.7. The molecule has 132 valence electrons. The Kier molecular flexibility index (Phi) is 3.15. The molecule has 5 aromatic rings. The molecule has 0 aromatic heterocycles. The van der Waals surface area contributed by atoms with Gasteiger partial charge in [0.15, 0.2) is 0 Å². The third-order valence-corrected chi connectivity index (χ3v) is 5.96. The quantitative estimate of drug-likeness (QED) is 0.279. The molecule has 0 saturated carbocycles. The summed E-state index contributed by atoms with van der Waals surface area (Å²) in [5.41, 5.74) is 7.67. The second-order valence-corrected chi connectivity index (χ2v) is 7.54. The van der Waals surface area contributed by atoms with E-state index in [9.17, 15) is 0 Å². The van der Waals surface area contributed by atoms with Gasteiger partial charge in [0.05, 0.1) is 0 Å². The van der Waals surface area contributed by atoms with E-state index in [0.29, 0.717) is 0 Å². The second kappa shape index (κ2) is 5.71. The fourth-order valence-electron chi connectivity index (χ4n) is 4.53. The number of fused-ring (bicyclic) bond motifs is 7. The first-order valence-electron chi connectivity index (χ1n) is 9.69. The van der Waals surface area contributed by atoms with Crippen LogP contribution in [0.5, 0.6) is 0 Å². The van der Waals surface area contributed by atoms with Crippen molar-refractivity contribution in [2.45, 2.75) is 0 Å². The molecule has 0 bridgehead atoms. The van der Waals surface area contributed by atoms with Gasteiger partial charge in [0.1, 0.15) is 0 Å². The van der Waals surface area contributed by atoms with Crippen molar-refractivity contribution in [3.05, 3.63) is 97.1 Å². The summed E-state index contributed by atoms with van der Waals surface area (Å²) >= 11 is 0. The molecule has 0 saturated heterocycles. The highest BCUT2D eigenvalue weighted by atomic mass is 15.1. The fraction of sp³-hybridized carbons (Fsp3) is 0.0370. The van der Waals surface area contributed by atoms with Crippen molar-refractivity contribution in [3.8, 4) is 22.3 Å². The molecule has 0 radical (unpaired) electrons. The predicted molar refractivity (Wildman–Crippen MR) is 120 cm³/mol. The van der Waals surface area contributed by atoms with Crippen molar-refractivity contribution in [2.75, 3.05) is 11.9 Å². The highest BCUT2D eigenvalue weighted by molar-refractivity contribution is 6.06. The van der Waals surface area contributed by atoms with Gasteiger partial charge >= 0.3 is 0 Å². The molecule has 1 nitrogen and oxygen atoms in total. The largest absolute Gasteiger partial charge is 0.344 e. The van der Waals surface area contributed by atoms with Crippen LogP contribution in [0.1, 0.15) is 0 Å². The Balaban J connectivity index is 1.78. The zero-order valence-electron chi connectivity index (χ0n) is 15.7. The van der Waals surface area contributed by atoms with E-state index in [-0.39, 0.29) is 0 Å². The number of rotatable bonds is 0. The third kappa shape index (κ3) is 2.13. The third-order valence-electron chi connectivity index (χ3n) is 5.96. The molecular weight excluding hydrogens is 338 g/mol. The van der Waals surface area contributed by atoms with Crippen LogP contribution in [0.2, 0.25) is 0 Å². The van der Waals surface area contributed by atoms with Crippen LogP contribution < -0.4 is 4.90 Å². The molecule has 1 heterocycles. The van der Waals surface area contributed by atoms with Crippen molar-refractivity contribution in [1.29, 1.82) is 0 Å². The zero-order valence-corrected chi connectivity index (χ0v) is 15.7. The molecule has 0 unspecified atom stereocenters. The summed E-state index contributed by atoms with van der Waals surface area (Å²) in [6.07, 6.45) is 0. The number of hydrogen-bond acceptors (Lipinski definition) is 1. The lowest BCUT2D eigenvalue weighted by Crippen LogP contribution is -2.10. The van der Waals surface area contributed by atoms with E-state index in [2.05, 4.69) is 109 Å². The highest BCUT2D eigenvalue weighted by Crippen LogP contribution is 2.49. The molecule has 0 atom stereocenters. The Bertz CT molecular complexity index is 1270. The maximum Gasteiger partial charge on any atom is 0.0494 e. The monoisotopic (exact) mass is 357 g/mol. The molecule has 6 rings (SSSR count). The lowest BCUT2D eigenvalue weighted by Gasteiger charge is -2.23. The summed E-state index contributed by atoms with van der Waals surface area (Å²) in [4.78, 5) is 2.35. The van der Waals surface area contributed by atoms with Crippen molar-refractivity contribution >= 4 is 32.9 Å². The number of benzene rings is 5. The smallest absolute Gasteiger partial charge is 0.0494 e. The Morgan fingerprint density at radius 1 is 0.429 bits per heavy atom. The van der Waals surface area contributed by atoms with Crippen LogP contribution in [0, 0.1) is 0 Å². The van der Waals surface area contributed by atoms with Gasteiger partial charge in [-0.3, -0.25) is 0 Å². The molecule has 1 aliphatic rings. The summed E-state index contributed by atoms with van der Waals surface area (Å²) in [7, 11) is 2.19. The van der Waals surface area contributed by atoms with Gasteiger partial charge in [-0.15, -0.1) is 0 Å². The van der Waals surface area contributed by atoms with Crippen LogP contribution in [0.4, 0.5) is 11.4 Å². The number of anilines is 2. The van der Waals surface area contributed by atoms with Gasteiger partial charge in [-0.2, -0.15) is 0 Å². The minimum absolute atomic E-state index is 1.25. The number of hydrogen-bond donors (Lipinski definition) is 0. The van der Waals surface area contributed by atoms with Gasteiger partial charge in [0.25, 0.3) is 0 Å². The first-order valence-corrected chi connectivity index (χ1v) is 9.69. The standard InChI is InChI=1S/C27H19N/c1-28-26-16-20-10-4-2-8-18(20)14-24(26)22-12-6-7-13-23(22)25-15-19-9-3-5-11-21(19)17-27(25)28/h2-17H,1H3. The van der Waals surface area contributed by atoms with Crippen LogP contribution >= 0.6 is 0 Å². The van der Waals surface area contributed by atoms with E-state index < -0.39 is 0 Å². The molecule has 0 fully saturated rings. The van der Waals surface area contributed by atoms with Gasteiger partial charge < -0.3 is 4.90 Å². The molecule has 0 spiro atoms. The highest BCUT2D eigenvalue weighted by Gasteiger charge is 2.23. The topological polar surface area (TPSA) is 3.24 Å². The first-order chi connectivity index (χ1) is 13.8. The average Bonchev–Trinajstić information content (AvgIpc) is 2.85. The summed E-state index contributed by atoms with van der Waals surface area (Å²) in [5, 5.41) is 5.10. The molecule has 1 aliphatic heterocycles. The molecule has 5 aromatic carbocycles. The van der Waals surface area contributed by atoms with Crippen molar-refractivity contribution < 1.29 is 0 Å². The van der Waals surface area contributed by atoms with Crippen LogP contribution in [0.3, 0.4) is 0 Å². The van der Waals surface area contributed by atoms with Crippen LogP contribution in [-0.4, -0.2) is 7.05 Å². The molecule has 0 amide bonds. The molecule has 0 N–H and O–H groups in total. The maximum atomic E-state index is 2.35. The van der Waals surface area contributed by atoms with Crippen LogP contribution in [0.15, 0.2) is 97.1 Å². The van der Waals surface area contributed by atoms with Crippen molar-refractivity contribution in [1.82, 2.24) is 0 Å². The summed E-state index contributed by atoms with van der Waals surface area (Å²) in [6, 6.07) is 35.4. The molecule has 28 heavy (non-hydrogen) atoms. The summed E-state index contributed by atoms with van der Waals surface area (Å²) < 4.78 is 0. The lowest BCUT2D eigenvalue weighted by molar-refractivity contribution is 1.23. The first kappa shape index (κ1) is 15.5. The van der Waals surface area contributed by atoms with Crippen molar-refractivity contribution in [2.24, 2.45) is 0 Å². The van der Waals surface area contributed by atoms with E-state index in [1.54, 1.807) is 0 Å². The van der Waals surface area contributed by atoms with Gasteiger partial charge in [0.2, 0.25) is 0 Å². The van der Waals surface area contributed by atoms with E-state index in [0.717, 1.165) is 0 Å². The Labute approximate surface area is 164 Å². The van der Waals surface area contributed by atoms with E-state index >= 15 is 0 Å². The van der Waals surface area contributed by atoms with Gasteiger partial charge in [0, 0.05) is 29.5 Å². The molecule has 1 heteroatoms. The number of nitrogens with zero attached hydrogens (tertiary/aromatic N) is 1. The van der Waals surface area contributed by atoms with Gasteiger partial charge in [-0.05, 0) is 56.9 Å². The minimum Gasteiger partial charge on any atom is -0.344 e. The van der Waals surface area contributed by atoms with E-state index in [1.165, 1.54) is 55.2 Å². The predicted octanol–water partition coefficient (Wildman–Crippen LogP) is 7.41. The molecule has 0 aliphatic carbocycles. The average molecular weight is 357 g/mol. The van der Waals surface area contributed by atoms with Crippen LogP contribution in [-0.2, 0) is 0 Å². The van der Waals surface area contributed by atoms with Gasteiger partial charge in [-0.25, -0.2) is 0 Å². The normalized spacial score (nSPS) is 12.4. The summed E-state index contributed by atoms with van der Waals surface area (Å²) in [5.74, 6) is 0. The Hall–Kier alpha value is -3.58. The fourth-order valence-corrected chi connectivity index (χ4v) is 4.53. The van der Waals surface area contributed by atoms with Crippen molar-refractivity contribution in [3.63, 3.8) is 0 Å². The maximum absolute atomic E-state index is 2.35. The second-order valence-electron chi connectivity index (χ2n) is 7.54. The lowest BCUT2D eigenvalue weighted by atomic mass is 9.92. The summed E-state index contributed by atoms with van der Waals surface area (Å²) in [6.45, 7) is 0. The Morgan fingerprint density at radius 2 is 0.786 bits per heavy atom. The SMILES string of the molecule is CN1c2cc3ccccc3cc2-c2ccccc2-c2cc3ccccc3cc21.